The van der Waals surface area contributed by atoms with Crippen LogP contribution >= 0.6 is 0 Å². The molecule has 0 N–H and O–H groups in total. The second kappa shape index (κ2) is 9.93. The van der Waals surface area contributed by atoms with Crippen molar-refractivity contribution in [2.24, 2.45) is 11.8 Å². The van der Waals surface area contributed by atoms with Crippen LogP contribution in [0.5, 0.6) is 0 Å². The first-order valence-electron chi connectivity index (χ1n) is 11.7. The summed E-state index contributed by atoms with van der Waals surface area (Å²) in [4.78, 5) is 63.7. The molecule has 0 bridgehead atoms. The largest absolute Gasteiger partial charge is 0.465 e. The minimum atomic E-state index is -1.11. The fourth-order valence-corrected chi connectivity index (χ4v) is 4.95. The van der Waals surface area contributed by atoms with Gasteiger partial charge in [-0.05, 0) is 63.9 Å². The van der Waals surface area contributed by atoms with Gasteiger partial charge in [0.1, 0.15) is 6.04 Å². The highest BCUT2D eigenvalue weighted by atomic mass is 16.5. The normalized spacial score (nSPS) is 19.7. The molecular formula is C27H28N2O7. The third-order valence-electron chi connectivity index (χ3n) is 6.89. The molecule has 36 heavy (non-hydrogen) atoms. The number of carbonyl (C=O) groups excluding carboxylic acids is 5. The molecule has 2 amide bonds. The number of aryl methyl sites for hydroxylation is 1. The summed E-state index contributed by atoms with van der Waals surface area (Å²) in [5.74, 6) is -3.26. The Hall–Kier alpha value is -4.01. The van der Waals surface area contributed by atoms with E-state index in [0.717, 1.165) is 16.3 Å². The molecule has 4 rings (SSSR count). The minimum absolute atomic E-state index is 0.369. The van der Waals surface area contributed by atoms with Crippen LogP contribution in [0.15, 0.2) is 42.5 Å². The SMILES string of the molecule is COC(=O)c1ccc(-n2c(C)cc(C(=O)COC(=O)[C@H](C)N3C(=O)C4CC=CCC4C3=O)c2C)cc1. The van der Waals surface area contributed by atoms with Crippen LogP contribution in [-0.2, 0) is 23.9 Å². The predicted octanol–water partition coefficient (Wildman–Crippen LogP) is 2.95. The summed E-state index contributed by atoms with van der Waals surface area (Å²) < 4.78 is 11.8. The van der Waals surface area contributed by atoms with Gasteiger partial charge >= 0.3 is 11.9 Å². The maximum Gasteiger partial charge on any atom is 0.337 e. The van der Waals surface area contributed by atoms with E-state index in [-0.39, 0.29) is 11.8 Å². The Morgan fingerprint density at radius 3 is 2.14 bits per heavy atom. The second-order valence-electron chi connectivity index (χ2n) is 9.07. The molecule has 1 aromatic heterocycles. The van der Waals surface area contributed by atoms with Gasteiger partial charge in [0, 0.05) is 22.6 Å². The lowest BCUT2D eigenvalue weighted by atomic mass is 9.85. The number of hydrogen-bond acceptors (Lipinski definition) is 7. The predicted molar refractivity (Wildman–Crippen MR) is 129 cm³/mol. The molecular weight excluding hydrogens is 464 g/mol. The number of carbonyl (C=O) groups is 5. The molecule has 188 valence electrons. The van der Waals surface area contributed by atoms with Crippen molar-refractivity contribution in [2.75, 3.05) is 13.7 Å². The molecule has 1 aliphatic heterocycles. The zero-order valence-electron chi connectivity index (χ0n) is 20.6. The standard InChI is InChI=1S/C27H28N2O7/c1-15-13-22(16(2)28(15)19-11-9-18(10-12-19)27(34)35-4)23(30)14-36-26(33)17(3)29-24(31)20-7-5-6-8-21(20)25(29)32/h5-6,9-13,17,20-21H,7-8,14H2,1-4H3/t17-,20?,21?/m0/s1. The number of fused-ring (bicyclic) bond motifs is 1. The number of nitrogens with zero attached hydrogens (tertiary/aromatic N) is 2. The smallest absolute Gasteiger partial charge is 0.337 e. The molecule has 1 aromatic carbocycles. The number of amides is 2. The molecule has 0 saturated carbocycles. The van der Waals surface area contributed by atoms with Crippen molar-refractivity contribution in [2.45, 2.75) is 39.7 Å². The van der Waals surface area contributed by atoms with Gasteiger partial charge in [-0.1, -0.05) is 12.2 Å². The van der Waals surface area contributed by atoms with E-state index in [2.05, 4.69) is 0 Å². The van der Waals surface area contributed by atoms with Crippen LogP contribution in [0.1, 0.15) is 51.9 Å². The lowest BCUT2D eigenvalue weighted by molar-refractivity contribution is -0.157. The Bertz CT molecular complexity index is 1250. The number of ether oxygens (including phenoxy) is 2. The zero-order valence-corrected chi connectivity index (χ0v) is 20.6. The number of allylic oxidation sites excluding steroid dienone is 2. The van der Waals surface area contributed by atoms with Gasteiger partial charge in [0.15, 0.2) is 6.61 Å². The maximum atomic E-state index is 12.9. The van der Waals surface area contributed by atoms with Gasteiger partial charge < -0.3 is 14.0 Å². The Morgan fingerprint density at radius 2 is 1.58 bits per heavy atom. The third-order valence-corrected chi connectivity index (χ3v) is 6.89. The monoisotopic (exact) mass is 492 g/mol. The number of likely N-dealkylation sites (tertiary alicyclic amines) is 1. The van der Waals surface area contributed by atoms with E-state index < -0.39 is 42.2 Å². The average molecular weight is 493 g/mol. The number of methoxy groups -OCH3 is 1. The number of rotatable bonds is 7. The van der Waals surface area contributed by atoms with Gasteiger partial charge in [0.2, 0.25) is 17.6 Å². The van der Waals surface area contributed by atoms with Crippen LogP contribution in [0.2, 0.25) is 0 Å². The van der Waals surface area contributed by atoms with Gasteiger partial charge in [-0.3, -0.25) is 19.3 Å². The second-order valence-corrected chi connectivity index (χ2v) is 9.07. The van der Waals surface area contributed by atoms with Gasteiger partial charge in [-0.2, -0.15) is 0 Å². The summed E-state index contributed by atoms with van der Waals surface area (Å²) in [5.41, 5.74) is 2.98. The van der Waals surface area contributed by atoms with Crippen LogP contribution in [0.3, 0.4) is 0 Å². The van der Waals surface area contributed by atoms with Gasteiger partial charge in [0.25, 0.3) is 0 Å². The molecule has 9 nitrogen and oxygen atoms in total. The fourth-order valence-electron chi connectivity index (χ4n) is 4.95. The van der Waals surface area contributed by atoms with Crippen molar-refractivity contribution >= 4 is 29.5 Å². The molecule has 9 heteroatoms. The Balaban J connectivity index is 1.43. The van der Waals surface area contributed by atoms with E-state index >= 15 is 0 Å². The Kier molecular flexibility index (Phi) is 6.92. The van der Waals surface area contributed by atoms with Gasteiger partial charge in [0.05, 0.1) is 24.5 Å². The number of Topliss-reactive ketones (excluding diaryl/α,β-unsaturated/α-hetero) is 1. The molecule has 1 fully saturated rings. The average Bonchev–Trinajstić information content (AvgIpc) is 3.33. The van der Waals surface area contributed by atoms with Crippen LogP contribution in [0.4, 0.5) is 0 Å². The molecule has 2 heterocycles. The van der Waals surface area contributed by atoms with E-state index in [4.69, 9.17) is 9.47 Å². The highest BCUT2D eigenvalue weighted by Crippen LogP contribution is 2.36. The van der Waals surface area contributed by atoms with E-state index in [1.165, 1.54) is 14.0 Å². The van der Waals surface area contributed by atoms with Crippen molar-refractivity contribution in [3.05, 3.63) is 65.0 Å². The number of hydrogen-bond donors (Lipinski definition) is 0. The first kappa shape index (κ1) is 25.1. The van der Waals surface area contributed by atoms with Crippen molar-refractivity contribution in [1.29, 1.82) is 0 Å². The van der Waals surface area contributed by atoms with Crippen molar-refractivity contribution in [3.63, 3.8) is 0 Å². The van der Waals surface area contributed by atoms with Crippen molar-refractivity contribution in [1.82, 2.24) is 9.47 Å². The molecule has 0 radical (unpaired) electrons. The van der Waals surface area contributed by atoms with E-state index in [9.17, 15) is 24.0 Å². The summed E-state index contributed by atoms with van der Waals surface area (Å²) >= 11 is 0. The highest BCUT2D eigenvalue weighted by molar-refractivity contribution is 6.08. The lowest BCUT2D eigenvalue weighted by Crippen LogP contribution is -2.44. The van der Waals surface area contributed by atoms with Crippen LogP contribution in [0, 0.1) is 25.7 Å². The number of ketones is 1. The van der Waals surface area contributed by atoms with Gasteiger partial charge in [-0.25, -0.2) is 9.59 Å². The minimum Gasteiger partial charge on any atom is -0.465 e. The van der Waals surface area contributed by atoms with Gasteiger partial charge in [-0.15, -0.1) is 0 Å². The quantitative estimate of drug-likeness (QED) is 0.253. The zero-order chi connectivity index (χ0) is 26.1. The summed E-state index contributed by atoms with van der Waals surface area (Å²) in [5, 5.41) is 0. The molecule has 1 saturated heterocycles. The molecule has 0 spiro atoms. The summed E-state index contributed by atoms with van der Waals surface area (Å²) in [6.07, 6.45) is 4.71. The van der Waals surface area contributed by atoms with E-state index in [0.29, 0.717) is 29.7 Å². The summed E-state index contributed by atoms with van der Waals surface area (Å²) in [6, 6.07) is 7.37. The number of aromatic nitrogens is 1. The lowest BCUT2D eigenvalue weighted by Gasteiger charge is -2.21. The molecule has 2 aliphatic rings. The van der Waals surface area contributed by atoms with Crippen molar-refractivity contribution < 1.29 is 33.4 Å². The molecule has 3 atom stereocenters. The van der Waals surface area contributed by atoms with E-state index in [1.807, 2.05) is 23.6 Å². The molecule has 2 unspecified atom stereocenters. The first-order valence-corrected chi connectivity index (χ1v) is 11.7. The Morgan fingerprint density at radius 1 is 1.00 bits per heavy atom. The van der Waals surface area contributed by atoms with Crippen LogP contribution in [-0.4, -0.2) is 58.8 Å². The third kappa shape index (κ3) is 4.36. The van der Waals surface area contributed by atoms with Crippen molar-refractivity contribution in [3.8, 4) is 5.69 Å². The highest BCUT2D eigenvalue weighted by Gasteiger charge is 2.50. The fraction of sp³-hybridized carbons (Fsp3) is 0.370. The molecule has 2 aromatic rings. The summed E-state index contributed by atoms with van der Waals surface area (Å²) in [6.45, 7) is 4.54. The molecule has 1 aliphatic carbocycles. The number of benzene rings is 1. The first-order chi connectivity index (χ1) is 17.1. The summed E-state index contributed by atoms with van der Waals surface area (Å²) in [7, 11) is 1.31. The maximum absolute atomic E-state index is 12.9. The van der Waals surface area contributed by atoms with Crippen LogP contribution < -0.4 is 0 Å². The Labute approximate surface area is 208 Å². The number of esters is 2. The topological polar surface area (TPSA) is 112 Å². The van der Waals surface area contributed by atoms with E-state index in [1.54, 1.807) is 37.3 Å². The van der Waals surface area contributed by atoms with Crippen LogP contribution in [0.25, 0.3) is 5.69 Å². The number of imide groups is 1.